The first-order valence-electron chi connectivity index (χ1n) is 8.21. The highest BCUT2D eigenvalue weighted by molar-refractivity contribution is 8.00. The summed E-state index contributed by atoms with van der Waals surface area (Å²) in [5.41, 5.74) is 1.10. The van der Waals surface area contributed by atoms with Gasteiger partial charge in [-0.2, -0.15) is 0 Å². The van der Waals surface area contributed by atoms with Crippen LogP contribution in [-0.2, 0) is 20.4 Å². The average Bonchev–Trinajstić information content (AvgIpc) is 3.14. The number of hydrogen-bond donors (Lipinski definition) is 1. The molecule has 0 atom stereocenters. The van der Waals surface area contributed by atoms with E-state index in [0.29, 0.717) is 20.2 Å². The summed E-state index contributed by atoms with van der Waals surface area (Å²) in [5, 5.41) is 11.6. The van der Waals surface area contributed by atoms with E-state index in [9.17, 15) is 13.2 Å². The number of nitrogens with zero attached hydrogens (tertiary/aromatic N) is 2. The molecule has 0 unspecified atom stereocenters. The van der Waals surface area contributed by atoms with Crippen LogP contribution in [0.15, 0.2) is 63.8 Å². The number of benzene rings is 2. The molecule has 28 heavy (non-hydrogen) atoms. The minimum Gasteiger partial charge on any atom is -0.300 e. The van der Waals surface area contributed by atoms with Crippen LogP contribution < -0.4 is 5.32 Å². The highest BCUT2D eigenvalue weighted by atomic mass is 35.5. The number of aromatic nitrogens is 2. The van der Waals surface area contributed by atoms with Crippen LogP contribution in [0.4, 0.5) is 5.13 Å². The smallest absolute Gasteiger partial charge is 0.227 e. The van der Waals surface area contributed by atoms with Crippen LogP contribution in [0, 0.1) is 0 Å². The summed E-state index contributed by atoms with van der Waals surface area (Å²) in [7, 11) is -3.49. The molecule has 0 radical (unpaired) electrons. The first-order chi connectivity index (χ1) is 13.4. The molecule has 0 bridgehead atoms. The Morgan fingerprint density at radius 1 is 1.07 bits per heavy atom. The molecule has 146 valence electrons. The number of carbonyl (C=O) groups excluding carboxylic acids is 1. The van der Waals surface area contributed by atoms with E-state index in [1.54, 1.807) is 18.2 Å². The van der Waals surface area contributed by atoms with Gasteiger partial charge in [0.05, 0.1) is 10.6 Å². The summed E-state index contributed by atoms with van der Waals surface area (Å²) in [6.45, 7) is 0. The van der Waals surface area contributed by atoms with Crippen LogP contribution in [0.3, 0.4) is 0 Å². The highest BCUT2D eigenvalue weighted by Crippen LogP contribution is 2.28. The average molecular weight is 454 g/mol. The second-order valence-corrected chi connectivity index (χ2v) is 10.5. The zero-order chi connectivity index (χ0) is 20.0. The minimum absolute atomic E-state index is 0.149. The van der Waals surface area contributed by atoms with Gasteiger partial charge in [0.1, 0.15) is 0 Å². The number of sulfone groups is 1. The standard InChI is InChI=1S/C18H16ClN3O3S3/c19-14-8-6-13(7-9-14)12-26-18-22-21-17(27-18)20-16(23)10-11-28(24,25)15-4-2-1-3-5-15/h1-9H,10-12H2,(H,20,21,23). The van der Waals surface area contributed by atoms with E-state index in [4.69, 9.17) is 11.6 Å². The molecule has 0 spiro atoms. The van der Waals surface area contributed by atoms with Gasteiger partial charge in [-0.25, -0.2) is 8.42 Å². The van der Waals surface area contributed by atoms with Gasteiger partial charge >= 0.3 is 0 Å². The Morgan fingerprint density at radius 3 is 2.50 bits per heavy atom. The minimum atomic E-state index is -3.49. The van der Waals surface area contributed by atoms with Crippen molar-refractivity contribution in [2.24, 2.45) is 0 Å². The van der Waals surface area contributed by atoms with Gasteiger partial charge in [0.25, 0.3) is 0 Å². The van der Waals surface area contributed by atoms with Crippen molar-refractivity contribution in [3.63, 3.8) is 0 Å². The molecule has 0 saturated heterocycles. The SMILES string of the molecule is O=C(CCS(=O)(=O)c1ccccc1)Nc1nnc(SCc2ccc(Cl)cc2)s1. The lowest BCUT2D eigenvalue weighted by molar-refractivity contribution is -0.115. The first-order valence-corrected chi connectivity index (χ1v) is 12.0. The van der Waals surface area contributed by atoms with Crippen LogP contribution >= 0.6 is 34.7 Å². The molecule has 6 nitrogen and oxygen atoms in total. The third-order valence-corrected chi connectivity index (χ3v) is 7.66. The van der Waals surface area contributed by atoms with Crippen molar-refractivity contribution in [1.82, 2.24) is 10.2 Å². The lowest BCUT2D eigenvalue weighted by atomic mass is 10.2. The molecule has 3 aromatic rings. The van der Waals surface area contributed by atoms with Crippen molar-refractivity contribution < 1.29 is 13.2 Å². The maximum Gasteiger partial charge on any atom is 0.227 e. The maximum absolute atomic E-state index is 12.2. The van der Waals surface area contributed by atoms with Gasteiger partial charge in [0, 0.05) is 17.2 Å². The molecule has 0 aliphatic carbocycles. The molecule has 1 heterocycles. The Kier molecular flexibility index (Phi) is 7.06. The first kappa shape index (κ1) is 20.8. The fraction of sp³-hybridized carbons (Fsp3) is 0.167. The Balaban J connectivity index is 1.49. The van der Waals surface area contributed by atoms with Crippen molar-refractivity contribution in [1.29, 1.82) is 0 Å². The van der Waals surface area contributed by atoms with Gasteiger partial charge in [-0.3, -0.25) is 4.79 Å². The highest BCUT2D eigenvalue weighted by Gasteiger charge is 2.17. The summed E-state index contributed by atoms with van der Waals surface area (Å²) in [5.74, 6) is 0.0273. The quantitative estimate of drug-likeness (QED) is 0.404. The predicted octanol–water partition coefficient (Wildman–Crippen LogP) is 4.29. The van der Waals surface area contributed by atoms with Crippen LogP contribution in [0.25, 0.3) is 0 Å². The van der Waals surface area contributed by atoms with Crippen molar-refractivity contribution in [2.45, 2.75) is 21.4 Å². The number of halogens is 1. The molecule has 2 aromatic carbocycles. The molecule has 10 heteroatoms. The van der Waals surface area contributed by atoms with Crippen LogP contribution in [-0.4, -0.2) is 30.3 Å². The summed E-state index contributed by atoms with van der Waals surface area (Å²) < 4.78 is 25.1. The molecule has 0 saturated carbocycles. The van der Waals surface area contributed by atoms with Gasteiger partial charge in [0.15, 0.2) is 14.2 Å². The Morgan fingerprint density at radius 2 is 1.79 bits per heavy atom. The van der Waals surface area contributed by atoms with E-state index in [1.807, 2.05) is 24.3 Å². The topological polar surface area (TPSA) is 89.0 Å². The molecular formula is C18H16ClN3O3S3. The van der Waals surface area contributed by atoms with Gasteiger partial charge in [-0.1, -0.05) is 65.0 Å². The summed E-state index contributed by atoms with van der Waals surface area (Å²) >= 11 is 8.61. The number of rotatable bonds is 8. The van der Waals surface area contributed by atoms with E-state index >= 15 is 0 Å². The number of anilines is 1. The number of amides is 1. The molecule has 1 aromatic heterocycles. The molecule has 3 rings (SSSR count). The molecule has 0 fully saturated rings. The van der Waals surface area contributed by atoms with E-state index in [0.717, 1.165) is 5.56 Å². The van der Waals surface area contributed by atoms with Crippen molar-refractivity contribution in [3.8, 4) is 0 Å². The zero-order valence-corrected chi connectivity index (χ0v) is 17.7. The zero-order valence-electron chi connectivity index (χ0n) is 14.5. The van der Waals surface area contributed by atoms with Gasteiger partial charge < -0.3 is 5.32 Å². The monoisotopic (exact) mass is 453 g/mol. The van der Waals surface area contributed by atoms with E-state index in [2.05, 4.69) is 15.5 Å². The number of nitrogens with one attached hydrogen (secondary N) is 1. The molecule has 0 aliphatic heterocycles. The molecular weight excluding hydrogens is 438 g/mol. The number of thioether (sulfide) groups is 1. The normalized spacial score (nSPS) is 11.3. The number of carbonyl (C=O) groups is 1. The van der Waals surface area contributed by atoms with Crippen LogP contribution in [0.1, 0.15) is 12.0 Å². The number of hydrogen-bond acceptors (Lipinski definition) is 7. The van der Waals surface area contributed by atoms with Gasteiger partial charge in [-0.05, 0) is 29.8 Å². The Hall–Kier alpha value is -1.94. The van der Waals surface area contributed by atoms with Gasteiger partial charge in [0.2, 0.25) is 11.0 Å². The van der Waals surface area contributed by atoms with E-state index in [-0.39, 0.29) is 17.1 Å². The lowest BCUT2D eigenvalue weighted by Gasteiger charge is -2.04. The molecule has 1 N–H and O–H groups in total. The third-order valence-electron chi connectivity index (χ3n) is 3.63. The predicted molar refractivity (Wildman–Crippen MR) is 113 cm³/mol. The Labute approximate surface area is 176 Å². The van der Waals surface area contributed by atoms with E-state index < -0.39 is 15.7 Å². The third kappa shape index (κ3) is 6.03. The maximum atomic E-state index is 12.2. The lowest BCUT2D eigenvalue weighted by Crippen LogP contribution is -2.17. The fourth-order valence-corrected chi connectivity index (χ4v) is 5.31. The summed E-state index contributed by atoms with van der Waals surface area (Å²) in [4.78, 5) is 12.3. The second kappa shape index (κ2) is 9.51. The molecule has 0 aliphatic rings. The van der Waals surface area contributed by atoms with Gasteiger partial charge in [-0.15, -0.1) is 10.2 Å². The van der Waals surface area contributed by atoms with Crippen LogP contribution in [0.2, 0.25) is 5.02 Å². The van der Waals surface area contributed by atoms with Crippen LogP contribution in [0.5, 0.6) is 0 Å². The van der Waals surface area contributed by atoms with Crippen molar-refractivity contribution in [2.75, 3.05) is 11.1 Å². The van der Waals surface area contributed by atoms with E-state index in [1.165, 1.54) is 35.2 Å². The largest absolute Gasteiger partial charge is 0.300 e. The summed E-state index contributed by atoms with van der Waals surface area (Å²) in [6, 6.07) is 15.6. The molecule has 1 amide bonds. The second-order valence-electron chi connectivity index (χ2n) is 5.72. The summed E-state index contributed by atoms with van der Waals surface area (Å²) in [6.07, 6.45) is -0.149. The van der Waals surface area contributed by atoms with Crippen molar-refractivity contribution in [3.05, 3.63) is 65.2 Å². The van der Waals surface area contributed by atoms with Crippen molar-refractivity contribution >= 4 is 55.6 Å². The fourth-order valence-electron chi connectivity index (χ4n) is 2.20. The Bertz CT molecular complexity index is 1040.